The zero-order valence-corrected chi connectivity index (χ0v) is 13.9. The maximum Gasteiger partial charge on any atom is 0.112 e. The van der Waals surface area contributed by atoms with Crippen LogP contribution in [0.25, 0.3) is 5.69 Å². The highest BCUT2D eigenvalue weighted by molar-refractivity contribution is 5.29. The average Bonchev–Trinajstić information content (AvgIpc) is 3.25. The molecular formula is C18H22N6. The minimum Gasteiger partial charge on any atom is -0.338 e. The van der Waals surface area contributed by atoms with Crippen LogP contribution in [0.15, 0.2) is 48.9 Å². The molecule has 0 radical (unpaired) electrons. The molecule has 1 aliphatic rings. The molecule has 24 heavy (non-hydrogen) atoms. The summed E-state index contributed by atoms with van der Waals surface area (Å²) >= 11 is 0. The fourth-order valence-electron chi connectivity index (χ4n) is 3.49. The van der Waals surface area contributed by atoms with E-state index in [-0.39, 0.29) is 0 Å². The van der Waals surface area contributed by atoms with Crippen LogP contribution in [0.2, 0.25) is 0 Å². The Balaban J connectivity index is 1.44. The summed E-state index contributed by atoms with van der Waals surface area (Å²) in [4.78, 5) is 6.99. The van der Waals surface area contributed by atoms with E-state index in [0.717, 1.165) is 31.0 Å². The van der Waals surface area contributed by atoms with E-state index in [0.29, 0.717) is 5.92 Å². The molecule has 6 heteroatoms. The second kappa shape index (κ2) is 6.57. The van der Waals surface area contributed by atoms with E-state index in [1.807, 2.05) is 53.6 Å². The highest BCUT2D eigenvalue weighted by Crippen LogP contribution is 2.26. The fraction of sp³-hybridized carbons (Fsp3) is 0.389. The highest BCUT2D eigenvalue weighted by Gasteiger charge is 2.24. The Morgan fingerprint density at radius 2 is 2.08 bits per heavy atom. The first-order valence-corrected chi connectivity index (χ1v) is 8.46. The van der Waals surface area contributed by atoms with E-state index in [1.165, 1.54) is 18.7 Å². The number of aromatic nitrogens is 5. The maximum atomic E-state index is 4.53. The molecule has 0 spiro atoms. The molecule has 1 fully saturated rings. The minimum absolute atomic E-state index is 0.503. The van der Waals surface area contributed by atoms with Gasteiger partial charge in [-0.1, -0.05) is 23.4 Å². The van der Waals surface area contributed by atoms with Gasteiger partial charge in [-0.25, -0.2) is 9.67 Å². The van der Waals surface area contributed by atoms with Crippen molar-refractivity contribution in [1.82, 2.24) is 29.4 Å². The number of imidazole rings is 1. The lowest BCUT2D eigenvalue weighted by atomic mass is 9.97. The van der Waals surface area contributed by atoms with Crippen LogP contribution in [0, 0.1) is 0 Å². The molecule has 1 atom stereocenters. The Labute approximate surface area is 141 Å². The van der Waals surface area contributed by atoms with Gasteiger partial charge in [-0.15, -0.1) is 5.10 Å². The average molecular weight is 322 g/mol. The van der Waals surface area contributed by atoms with Crippen molar-refractivity contribution in [3.63, 3.8) is 0 Å². The number of piperidine rings is 1. The Hall–Kier alpha value is -2.47. The van der Waals surface area contributed by atoms with Crippen molar-refractivity contribution < 1.29 is 0 Å². The SMILES string of the molecule is Cn1ccnc1[C@@H]1CCCN(Cc2cn(-c3ccccc3)nn2)C1. The van der Waals surface area contributed by atoms with Gasteiger partial charge in [-0.2, -0.15) is 0 Å². The number of hydrogen-bond acceptors (Lipinski definition) is 4. The van der Waals surface area contributed by atoms with Crippen LogP contribution in [0.5, 0.6) is 0 Å². The number of hydrogen-bond donors (Lipinski definition) is 0. The predicted octanol–water partition coefficient (Wildman–Crippen LogP) is 2.38. The summed E-state index contributed by atoms with van der Waals surface area (Å²) in [5.41, 5.74) is 2.06. The summed E-state index contributed by atoms with van der Waals surface area (Å²) in [5, 5.41) is 8.60. The van der Waals surface area contributed by atoms with Gasteiger partial charge in [-0.3, -0.25) is 4.90 Å². The minimum atomic E-state index is 0.503. The quantitative estimate of drug-likeness (QED) is 0.740. The summed E-state index contributed by atoms with van der Waals surface area (Å²) in [5.74, 6) is 1.69. The maximum absolute atomic E-state index is 4.53. The smallest absolute Gasteiger partial charge is 0.112 e. The molecule has 0 saturated carbocycles. The molecular weight excluding hydrogens is 300 g/mol. The molecule has 2 aromatic heterocycles. The number of rotatable bonds is 4. The van der Waals surface area contributed by atoms with Crippen molar-refractivity contribution in [3.8, 4) is 5.69 Å². The van der Waals surface area contributed by atoms with Gasteiger partial charge in [-0.05, 0) is 31.5 Å². The number of aryl methyl sites for hydroxylation is 1. The molecule has 1 aromatic carbocycles. The van der Waals surface area contributed by atoms with Crippen LogP contribution in [0.4, 0.5) is 0 Å². The van der Waals surface area contributed by atoms with E-state index >= 15 is 0 Å². The Morgan fingerprint density at radius 3 is 2.88 bits per heavy atom. The lowest BCUT2D eigenvalue weighted by Gasteiger charge is -2.31. The first-order valence-electron chi connectivity index (χ1n) is 8.46. The summed E-state index contributed by atoms with van der Waals surface area (Å²) in [7, 11) is 2.08. The number of benzene rings is 1. The molecule has 1 aliphatic heterocycles. The molecule has 3 aromatic rings. The largest absolute Gasteiger partial charge is 0.338 e. The van der Waals surface area contributed by atoms with Gasteiger partial charge in [0.25, 0.3) is 0 Å². The van der Waals surface area contributed by atoms with Crippen LogP contribution < -0.4 is 0 Å². The van der Waals surface area contributed by atoms with Crippen molar-refractivity contribution in [2.75, 3.05) is 13.1 Å². The first kappa shape index (κ1) is 15.1. The zero-order chi connectivity index (χ0) is 16.4. The van der Waals surface area contributed by atoms with Gasteiger partial charge < -0.3 is 4.57 Å². The van der Waals surface area contributed by atoms with Crippen LogP contribution in [0.3, 0.4) is 0 Å². The topological polar surface area (TPSA) is 51.8 Å². The Bertz CT molecular complexity index is 791. The van der Waals surface area contributed by atoms with E-state index in [1.54, 1.807) is 0 Å². The fourth-order valence-corrected chi connectivity index (χ4v) is 3.49. The first-order chi connectivity index (χ1) is 11.8. The van der Waals surface area contributed by atoms with E-state index < -0.39 is 0 Å². The van der Waals surface area contributed by atoms with Crippen molar-refractivity contribution in [3.05, 3.63) is 60.4 Å². The molecule has 0 amide bonds. The van der Waals surface area contributed by atoms with E-state index in [2.05, 4.69) is 31.8 Å². The molecule has 0 aliphatic carbocycles. The second-order valence-electron chi connectivity index (χ2n) is 6.46. The third-order valence-electron chi connectivity index (χ3n) is 4.68. The van der Waals surface area contributed by atoms with Crippen LogP contribution in [0.1, 0.15) is 30.3 Å². The molecule has 0 bridgehead atoms. The number of likely N-dealkylation sites (tertiary alicyclic amines) is 1. The molecule has 6 nitrogen and oxygen atoms in total. The number of para-hydroxylation sites is 1. The Kier molecular flexibility index (Phi) is 4.13. The van der Waals surface area contributed by atoms with Crippen LogP contribution in [-0.4, -0.2) is 42.5 Å². The van der Waals surface area contributed by atoms with Gasteiger partial charge in [0.15, 0.2) is 0 Å². The van der Waals surface area contributed by atoms with Gasteiger partial charge in [0.05, 0.1) is 17.6 Å². The third-order valence-corrected chi connectivity index (χ3v) is 4.68. The molecule has 3 heterocycles. The molecule has 0 N–H and O–H groups in total. The Morgan fingerprint density at radius 1 is 1.21 bits per heavy atom. The van der Waals surface area contributed by atoms with Crippen molar-refractivity contribution >= 4 is 0 Å². The standard InChI is InChI=1S/C18H22N6/c1-22-11-9-19-18(22)15-6-5-10-23(12-15)13-16-14-24(21-20-16)17-7-3-2-4-8-17/h2-4,7-9,11,14-15H,5-6,10,12-13H2,1H3/t15-/m1/s1. The third kappa shape index (κ3) is 3.10. The van der Waals surface area contributed by atoms with E-state index in [9.17, 15) is 0 Å². The second-order valence-corrected chi connectivity index (χ2v) is 6.46. The lowest BCUT2D eigenvalue weighted by molar-refractivity contribution is 0.193. The van der Waals surface area contributed by atoms with Crippen LogP contribution in [-0.2, 0) is 13.6 Å². The van der Waals surface area contributed by atoms with Gasteiger partial charge in [0, 0.05) is 38.4 Å². The van der Waals surface area contributed by atoms with Crippen LogP contribution >= 0.6 is 0 Å². The van der Waals surface area contributed by atoms with Gasteiger partial charge in [0.1, 0.15) is 5.82 Å². The normalized spacial score (nSPS) is 18.8. The zero-order valence-electron chi connectivity index (χ0n) is 13.9. The molecule has 124 valence electrons. The predicted molar refractivity (Wildman–Crippen MR) is 91.8 cm³/mol. The monoisotopic (exact) mass is 322 g/mol. The highest BCUT2D eigenvalue weighted by atomic mass is 15.4. The summed E-state index contributed by atoms with van der Waals surface area (Å²) in [6.45, 7) is 2.98. The summed E-state index contributed by atoms with van der Waals surface area (Å²) in [6, 6.07) is 10.1. The summed E-state index contributed by atoms with van der Waals surface area (Å²) in [6.07, 6.45) is 8.35. The molecule has 0 unspecified atom stereocenters. The summed E-state index contributed by atoms with van der Waals surface area (Å²) < 4.78 is 3.98. The molecule has 1 saturated heterocycles. The van der Waals surface area contributed by atoms with E-state index in [4.69, 9.17) is 0 Å². The number of nitrogens with zero attached hydrogens (tertiary/aromatic N) is 6. The van der Waals surface area contributed by atoms with Crippen molar-refractivity contribution in [1.29, 1.82) is 0 Å². The van der Waals surface area contributed by atoms with Crippen molar-refractivity contribution in [2.45, 2.75) is 25.3 Å². The van der Waals surface area contributed by atoms with Gasteiger partial charge >= 0.3 is 0 Å². The van der Waals surface area contributed by atoms with Gasteiger partial charge in [0.2, 0.25) is 0 Å². The molecule has 4 rings (SSSR count). The lowest BCUT2D eigenvalue weighted by Crippen LogP contribution is -2.34. The van der Waals surface area contributed by atoms with Crippen molar-refractivity contribution in [2.24, 2.45) is 7.05 Å².